The highest BCUT2D eigenvalue weighted by atomic mass is 35.5. The number of benzene rings is 1. The molecule has 5 heteroatoms. The van der Waals surface area contributed by atoms with Crippen LogP contribution in [0.25, 0.3) is 10.9 Å². The molecular formula is C10H12ClN3O. The Hall–Kier alpha value is -1.10. The molecule has 0 aliphatic rings. The maximum absolute atomic E-state index is 6.00. The first kappa shape index (κ1) is 10.4. The summed E-state index contributed by atoms with van der Waals surface area (Å²) < 4.78 is 1.76. The topological polar surface area (TPSA) is 53.1 Å². The molecule has 15 heavy (non-hydrogen) atoms. The van der Waals surface area contributed by atoms with Gasteiger partial charge < -0.3 is 4.84 Å². The van der Waals surface area contributed by atoms with Gasteiger partial charge in [-0.25, -0.2) is 5.90 Å². The first-order valence-corrected chi connectivity index (χ1v) is 5.03. The fourth-order valence-electron chi connectivity index (χ4n) is 1.60. The highest BCUT2D eigenvalue weighted by Gasteiger charge is 2.06. The Balaban J connectivity index is 2.41. The van der Waals surface area contributed by atoms with E-state index >= 15 is 0 Å². The molecule has 0 aliphatic carbocycles. The van der Waals surface area contributed by atoms with E-state index in [0.29, 0.717) is 11.8 Å². The maximum Gasteiger partial charge on any atom is 0.158 e. The minimum atomic E-state index is 0.503. The highest BCUT2D eigenvalue weighted by Crippen LogP contribution is 2.23. The van der Waals surface area contributed by atoms with Gasteiger partial charge >= 0.3 is 0 Å². The van der Waals surface area contributed by atoms with Gasteiger partial charge in [-0.15, -0.1) is 0 Å². The summed E-state index contributed by atoms with van der Waals surface area (Å²) in [7, 11) is 1.87. The van der Waals surface area contributed by atoms with Crippen LogP contribution in [0, 0.1) is 0 Å². The number of aryl methyl sites for hydroxylation is 1. The lowest BCUT2D eigenvalue weighted by Crippen LogP contribution is -2.03. The van der Waals surface area contributed by atoms with Crippen LogP contribution in [0.15, 0.2) is 18.2 Å². The van der Waals surface area contributed by atoms with Gasteiger partial charge in [0.2, 0.25) is 0 Å². The largest absolute Gasteiger partial charge is 0.304 e. The highest BCUT2D eigenvalue weighted by molar-refractivity contribution is 6.34. The van der Waals surface area contributed by atoms with E-state index in [1.807, 2.05) is 25.2 Å². The van der Waals surface area contributed by atoms with Gasteiger partial charge in [-0.05, 0) is 24.1 Å². The van der Waals surface area contributed by atoms with Gasteiger partial charge in [-0.1, -0.05) is 17.7 Å². The lowest BCUT2D eigenvalue weighted by atomic mass is 10.1. The quantitative estimate of drug-likeness (QED) is 0.809. The van der Waals surface area contributed by atoms with Crippen LogP contribution in [0.5, 0.6) is 0 Å². The van der Waals surface area contributed by atoms with Crippen molar-refractivity contribution in [2.24, 2.45) is 12.9 Å². The number of rotatable bonds is 3. The molecule has 0 bridgehead atoms. The van der Waals surface area contributed by atoms with E-state index in [2.05, 4.69) is 9.94 Å². The van der Waals surface area contributed by atoms with Crippen LogP contribution in [0.4, 0.5) is 0 Å². The van der Waals surface area contributed by atoms with Crippen LogP contribution in [-0.4, -0.2) is 16.4 Å². The van der Waals surface area contributed by atoms with E-state index in [-0.39, 0.29) is 0 Å². The van der Waals surface area contributed by atoms with Crippen molar-refractivity contribution in [1.82, 2.24) is 9.78 Å². The number of hydrogen-bond donors (Lipinski definition) is 1. The predicted octanol–water partition coefficient (Wildman–Crippen LogP) is 1.66. The van der Waals surface area contributed by atoms with Crippen molar-refractivity contribution < 1.29 is 4.84 Å². The second-order valence-electron chi connectivity index (χ2n) is 3.39. The van der Waals surface area contributed by atoms with Gasteiger partial charge in [0, 0.05) is 12.4 Å². The summed E-state index contributed by atoms with van der Waals surface area (Å²) in [6, 6.07) is 6.04. The zero-order chi connectivity index (χ0) is 10.8. The Bertz CT molecular complexity index is 481. The molecule has 0 amide bonds. The molecule has 0 aliphatic heterocycles. The number of fused-ring (bicyclic) bond motifs is 1. The van der Waals surface area contributed by atoms with Crippen molar-refractivity contribution in [3.05, 3.63) is 28.9 Å². The van der Waals surface area contributed by atoms with Crippen LogP contribution < -0.4 is 5.90 Å². The molecule has 0 fully saturated rings. The molecule has 0 radical (unpaired) electrons. The normalized spacial score (nSPS) is 11.1. The monoisotopic (exact) mass is 225 g/mol. The third kappa shape index (κ3) is 1.97. The lowest BCUT2D eigenvalue weighted by Gasteiger charge is -2.00. The molecule has 80 valence electrons. The van der Waals surface area contributed by atoms with Crippen LogP contribution in [0.2, 0.25) is 5.15 Å². The molecule has 4 nitrogen and oxygen atoms in total. The Labute approximate surface area is 92.5 Å². The van der Waals surface area contributed by atoms with Gasteiger partial charge in [0.25, 0.3) is 0 Å². The van der Waals surface area contributed by atoms with E-state index < -0.39 is 0 Å². The predicted molar refractivity (Wildman–Crippen MR) is 59.6 cm³/mol. The van der Waals surface area contributed by atoms with Gasteiger partial charge in [0.1, 0.15) is 0 Å². The third-order valence-electron chi connectivity index (χ3n) is 2.38. The van der Waals surface area contributed by atoms with Gasteiger partial charge in [0.05, 0.1) is 12.1 Å². The van der Waals surface area contributed by atoms with Crippen LogP contribution in [0.3, 0.4) is 0 Å². The molecular weight excluding hydrogens is 214 g/mol. The summed E-state index contributed by atoms with van der Waals surface area (Å²) >= 11 is 6.00. The zero-order valence-electron chi connectivity index (χ0n) is 8.40. The van der Waals surface area contributed by atoms with Crippen LogP contribution in [-0.2, 0) is 18.3 Å². The van der Waals surface area contributed by atoms with E-state index in [9.17, 15) is 0 Å². The Morgan fingerprint density at radius 1 is 1.53 bits per heavy atom. The molecule has 0 saturated carbocycles. The third-order valence-corrected chi connectivity index (χ3v) is 2.66. The first-order valence-electron chi connectivity index (χ1n) is 4.65. The fraction of sp³-hybridized carbons (Fsp3) is 0.300. The summed E-state index contributed by atoms with van der Waals surface area (Å²) in [6.07, 6.45) is 0.775. The molecule has 2 aromatic rings. The smallest absolute Gasteiger partial charge is 0.158 e. The van der Waals surface area contributed by atoms with E-state index in [1.54, 1.807) is 4.68 Å². The van der Waals surface area contributed by atoms with E-state index in [1.165, 1.54) is 0 Å². The number of hydrogen-bond acceptors (Lipinski definition) is 3. The zero-order valence-corrected chi connectivity index (χ0v) is 9.16. The van der Waals surface area contributed by atoms with E-state index in [0.717, 1.165) is 22.9 Å². The molecule has 2 rings (SSSR count). The minimum absolute atomic E-state index is 0.503. The van der Waals surface area contributed by atoms with Gasteiger partial charge in [-0.3, -0.25) is 4.68 Å². The van der Waals surface area contributed by atoms with Crippen LogP contribution in [0.1, 0.15) is 5.56 Å². The second-order valence-corrected chi connectivity index (χ2v) is 3.74. The average molecular weight is 226 g/mol. The minimum Gasteiger partial charge on any atom is -0.304 e. The summed E-state index contributed by atoms with van der Waals surface area (Å²) in [5.74, 6) is 4.98. The Morgan fingerprint density at radius 2 is 2.33 bits per heavy atom. The molecule has 0 unspecified atom stereocenters. The first-order chi connectivity index (χ1) is 7.22. The lowest BCUT2D eigenvalue weighted by molar-refractivity contribution is 0.141. The summed E-state index contributed by atoms with van der Waals surface area (Å²) in [5, 5.41) is 5.63. The molecule has 1 aromatic carbocycles. The van der Waals surface area contributed by atoms with Crippen molar-refractivity contribution in [3.8, 4) is 0 Å². The molecule has 1 aromatic heterocycles. The van der Waals surface area contributed by atoms with Crippen LogP contribution >= 0.6 is 11.6 Å². The number of nitrogens with two attached hydrogens (primary N) is 1. The Kier molecular flexibility index (Phi) is 2.90. The molecule has 0 atom stereocenters. The van der Waals surface area contributed by atoms with Gasteiger partial charge in [-0.2, -0.15) is 5.10 Å². The number of nitrogens with zero attached hydrogens (tertiary/aromatic N) is 2. The Morgan fingerprint density at radius 3 is 3.07 bits per heavy atom. The molecule has 2 N–H and O–H groups in total. The molecule has 0 saturated heterocycles. The fourth-order valence-corrected chi connectivity index (χ4v) is 1.87. The van der Waals surface area contributed by atoms with Crippen molar-refractivity contribution in [1.29, 1.82) is 0 Å². The van der Waals surface area contributed by atoms with Crippen molar-refractivity contribution in [3.63, 3.8) is 0 Å². The number of halogens is 1. The molecule has 1 heterocycles. The van der Waals surface area contributed by atoms with Crippen molar-refractivity contribution in [2.75, 3.05) is 6.61 Å². The standard InChI is InChI=1S/C10H12ClN3O/c1-14-9-3-2-7(4-5-15-12)6-8(9)10(11)13-14/h2-3,6H,4-5,12H2,1H3. The van der Waals surface area contributed by atoms with Crippen molar-refractivity contribution >= 4 is 22.5 Å². The second kappa shape index (κ2) is 4.18. The van der Waals surface area contributed by atoms with Gasteiger partial charge in [0.15, 0.2) is 5.15 Å². The van der Waals surface area contributed by atoms with E-state index in [4.69, 9.17) is 17.5 Å². The summed E-state index contributed by atoms with van der Waals surface area (Å²) in [4.78, 5) is 4.54. The summed E-state index contributed by atoms with van der Waals surface area (Å²) in [6.45, 7) is 0.503. The molecule has 0 spiro atoms. The van der Waals surface area contributed by atoms with Crippen molar-refractivity contribution in [2.45, 2.75) is 6.42 Å². The SMILES string of the molecule is Cn1nc(Cl)c2cc(CCON)ccc21. The number of aromatic nitrogens is 2. The average Bonchev–Trinajstić information content (AvgIpc) is 2.52. The maximum atomic E-state index is 6.00. The summed E-state index contributed by atoms with van der Waals surface area (Å²) in [5.41, 5.74) is 2.17.